The summed E-state index contributed by atoms with van der Waals surface area (Å²) in [5, 5.41) is 3.65. The molecule has 4 nitrogen and oxygen atoms in total. The Morgan fingerprint density at radius 2 is 1.93 bits per heavy atom. The van der Waals surface area contributed by atoms with Crippen LogP contribution in [0.25, 0.3) is 20.8 Å². The van der Waals surface area contributed by atoms with E-state index in [1.807, 2.05) is 23.6 Å². The third-order valence-electron chi connectivity index (χ3n) is 4.39. The molecule has 0 spiro atoms. The fraction of sp³-hybridized carbons (Fsp3) is 0.190. The molecule has 0 N–H and O–H groups in total. The Morgan fingerprint density at radius 1 is 1.11 bits per heavy atom. The van der Waals surface area contributed by atoms with E-state index in [9.17, 15) is 4.79 Å². The van der Waals surface area contributed by atoms with Crippen LogP contribution in [0.3, 0.4) is 0 Å². The molecule has 0 unspecified atom stereocenters. The number of hydrogen-bond acceptors (Lipinski definition) is 5. The number of hydrogen-bond donors (Lipinski definition) is 0. The van der Waals surface area contributed by atoms with Gasteiger partial charge in [0, 0.05) is 18.0 Å². The Kier molecular flexibility index (Phi) is 4.76. The smallest absolute Gasteiger partial charge is 0.273 e. The van der Waals surface area contributed by atoms with E-state index in [0.29, 0.717) is 12.2 Å². The van der Waals surface area contributed by atoms with Crippen molar-refractivity contribution in [1.29, 1.82) is 0 Å². The molecule has 27 heavy (non-hydrogen) atoms. The van der Waals surface area contributed by atoms with E-state index in [2.05, 4.69) is 48.1 Å². The maximum absolute atomic E-state index is 12.8. The highest BCUT2D eigenvalue weighted by Crippen LogP contribution is 2.28. The molecule has 0 aliphatic carbocycles. The second-order valence-electron chi connectivity index (χ2n) is 6.59. The van der Waals surface area contributed by atoms with E-state index in [1.54, 1.807) is 23.3 Å². The summed E-state index contributed by atoms with van der Waals surface area (Å²) in [5.41, 5.74) is 4.94. The summed E-state index contributed by atoms with van der Waals surface area (Å²) in [4.78, 5) is 23.7. The van der Waals surface area contributed by atoms with E-state index >= 15 is 0 Å². The fourth-order valence-corrected chi connectivity index (χ4v) is 4.91. The highest BCUT2D eigenvalue weighted by molar-refractivity contribution is 7.18. The number of rotatable bonds is 4. The number of carbonyl (C=O) groups is 1. The van der Waals surface area contributed by atoms with E-state index in [-0.39, 0.29) is 5.91 Å². The largest absolute Gasteiger partial charge is 0.334 e. The average Bonchev–Trinajstić information content (AvgIpc) is 3.27. The highest BCUT2D eigenvalue weighted by atomic mass is 32.1. The summed E-state index contributed by atoms with van der Waals surface area (Å²) < 4.78 is 1.14. The Morgan fingerprint density at radius 3 is 2.70 bits per heavy atom. The van der Waals surface area contributed by atoms with Crippen LogP contribution >= 0.6 is 22.7 Å². The second kappa shape index (κ2) is 7.21. The molecular weight excluding hydrogens is 374 g/mol. The first-order chi connectivity index (χ1) is 13.0. The molecule has 0 aliphatic heterocycles. The van der Waals surface area contributed by atoms with Crippen LogP contribution in [0.4, 0.5) is 0 Å². The van der Waals surface area contributed by atoms with Crippen molar-refractivity contribution in [2.75, 3.05) is 7.05 Å². The molecule has 2 aromatic heterocycles. The summed E-state index contributed by atoms with van der Waals surface area (Å²) in [7, 11) is 1.80. The van der Waals surface area contributed by atoms with Crippen LogP contribution in [0, 0.1) is 13.8 Å². The molecule has 0 saturated heterocycles. The minimum atomic E-state index is -0.0819. The lowest BCUT2D eigenvalue weighted by Gasteiger charge is -2.13. The fourth-order valence-electron chi connectivity index (χ4n) is 3.01. The van der Waals surface area contributed by atoms with E-state index in [4.69, 9.17) is 0 Å². The van der Waals surface area contributed by atoms with Gasteiger partial charge in [0.25, 0.3) is 5.91 Å². The SMILES string of the molecule is Cc1ccc(-c2nc(C(=O)N(C)Cc3nc4ccccc4s3)cs2)c(C)c1. The second-order valence-corrected chi connectivity index (χ2v) is 8.57. The average molecular weight is 394 g/mol. The zero-order valence-electron chi connectivity index (χ0n) is 15.4. The topological polar surface area (TPSA) is 46.1 Å². The summed E-state index contributed by atoms with van der Waals surface area (Å²) in [6, 6.07) is 14.3. The molecule has 0 aliphatic rings. The number of benzene rings is 2. The predicted octanol–water partition coefficient (Wildman–Crippen LogP) is 5.31. The van der Waals surface area contributed by atoms with Gasteiger partial charge in [-0.2, -0.15) is 0 Å². The van der Waals surface area contributed by atoms with Gasteiger partial charge in [0.15, 0.2) is 0 Å². The summed E-state index contributed by atoms with van der Waals surface area (Å²) >= 11 is 3.13. The zero-order chi connectivity index (χ0) is 19.0. The van der Waals surface area contributed by atoms with Crippen molar-refractivity contribution in [3.63, 3.8) is 0 Å². The summed E-state index contributed by atoms with van der Waals surface area (Å²) in [5.74, 6) is -0.0819. The van der Waals surface area contributed by atoms with Gasteiger partial charge in [-0.1, -0.05) is 35.9 Å². The summed E-state index contributed by atoms with van der Waals surface area (Å²) in [6.45, 7) is 4.63. The lowest BCUT2D eigenvalue weighted by atomic mass is 10.1. The van der Waals surface area contributed by atoms with Crippen LogP contribution in [0.2, 0.25) is 0 Å². The molecule has 0 fully saturated rings. The van der Waals surface area contributed by atoms with Crippen molar-refractivity contribution >= 4 is 38.8 Å². The maximum atomic E-state index is 12.8. The van der Waals surface area contributed by atoms with E-state index < -0.39 is 0 Å². The van der Waals surface area contributed by atoms with Gasteiger partial charge in [-0.25, -0.2) is 9.97 Å². The molecule has 0 saturated carbocycles. The normalized spacial score (nSPS) is 11.1. The van der Waals surface area contributed by atoms with Gasteiger partial charge in [0.1, 0.15) is 15.7 Å². The summed E-state index contributed by atoms with van der Waals surface area (Å²) in [6.07, 6.45) is 0. The van der Waals surface area contributed by atoms with Crippen LogP contribution in [-0.4, -0.2) is 27.8 Å². The van der Waals surface area contributed by atoms with Crippen molar-refractivity contribution in [2.24, 2.45) is 0 Å². The lowest BCUT2D eigenvalue weighted by molar-refractivity contribution is 0.0780. The Hall–Kier alpha value is -2.57. The van der Waals surface area contributed by atoms with Gasteiger partial charge >= 0.3 is 0 Å². The van der Waals surface area contributed by atoms with Gasteiger partial charge < -0.3 is 4.90 Å². The number of para-hydroxylation sites is 1. The molecule has 1 amide bonds. The van der Waals surface area contributed by atoms with Crippen molar-refractivity contribution in [1.82, 2.24) is 14.9 Å². The number of carbonyl (C=O) groups excluding carboxylic acids is 1. The highest BCUT2D eigenvalue weighted by Gasteiger charge is 2.18. The molecule has 2 heterocycles. The number of nitrogens with zero attached hydrogens (tertiary/aromatic N) is 3. The third-order valence-corrected chi connectivity index (χ3v) is 6.29. The van der Waals surface area contributed by atoms with Gasteiger partial charge in [-0.15, -0.1) is 22.7 Å². The monoisotopic (exact) mass is 393 g/mol. The third kappa shape index (κ3) is 3.63. The molecule has 2 aromatic carbocycles. The number of aryl methyl sites for hydroxylation is 2. The molecule has 0 bridgehead atoms. The molecule has 136 valence electrons. The quantitative estimate of drug-likeness (QED) is 0.472. The predicted molar refractivity (Wildman–Crippen MR) is 112 cm³/mol. The van der Waals surface area contributed by atoms with Crippen molar-refractivity contribution in [3.05, 3.63) is 69.7 Å². The Labute approximate surface area is 166 Å². The number of amides is 1. The number of fused-ring (bicyclic) bond motifs is 1. The first-order valence-electron chi connectivity index (χ1n) is 8.64. The van der Waals surface area contributed by atoms with Gasteiger partial charge in [0.05, 0.1) is 16.8 Å². The lowest BCUT2D eigenvalue weighted by Crippen LogP contribution is -2.26. The number of aromatic nitrogens is 2. The minimum absolute atomic E-state index is 0.0819. The van der Waals surface area contributed by atoms with Gasteiger partial charge in [-0.05, 0) is 31.5 Å². The van der Waals surface area contributed by atoms with Crippen LogP contribution in [-0.2, 0) is 6.54 Å². The Balaban J connectivity index is 1.53. The van der Waals surface area contributed by atoms with Crippen molar-refractivity contribution in [2.45, 2.75) is 20.4 Å². The molecule has 0 atom stereocenters. The van der Waals surface area contributed by atoms with Crippen molar-refractivity contribution < 1.29 is 4.79 Å². The van der Waals surface area contributed by atoms with Gasteiger partial charge in [-0.3, -0.25) is 4.79 Å². The first kappa shape index (κ1) is 17.8. The number of thiazole rings is 2. The Bertz CT molecular complexity index is 1100. The molecular formula is C21H19N3OS2. The van der Waals surface area contributed by atoms with Gasteiger partial charge in [0.2, 0.25) is 0 Å². The van der Waals surface area contributed by atoms with Crippen LogP contribution in [0.1, 0.15) is 26.6 Å². The zero-order valence-corrected chi connectivity index (χ0v) is 17.0. The van der Waals surface area contributed by atoms with E-state index in [1.165, 1.54) is 22.5 Å². The molecule has 4 rings (SSSR count). The van der Waals surface area contributed by atoms with Crippen LogP contribution < -0.4 is 0 Å². The van der Waals surface area contributed by atoms with E-state index in [0.717, 1.165) is 25.8 Å². The molecule has 0 radical (unpaired) electrons. The first-order valence-corrected chi connectivity index (χ1v) is 10.3. The van der Waals surface area contributed by atoms with Crippen LogP contribution in [0.15, 0.2) is 47.8 Å². The molecule has 4 aromatic rings. The minimum Gasteiger partial charge on any atom is -0.334 e. The molecule has 6 heteroatoms. The van der Waals surface area contributed by atoms with Crippen LogP contribution in [0.5, 0.6) is 0 Å². The van der Waals surface area contributed by atoms with Crippen molar-refractivity contribution in [3.8, 4) is 10.6 Å². The maximum Gasteiger partial charge on any atom is 0.273 e. The standard InChI is InChI=1S/C21H19N3OS2/c1-13-8-9-15(14(2)10-13)20-23-17(12-26-20)21(25)24(3)11-19-22-16-6-4-5-7-18(16)27-19/h4-10,12H,11H2,1-3H3.